The lowest BCUT2D eigenvalue weighted by atomic mass is 9.86. The van der Waals surface area contributed by atoms with Crippen molar-refractivity contribution in [3.8, 4) is 0 Å². The standard InChI is InChI=1S/C19H30N2/c1-15-12-17-10-6-7-11-18(17)21(14-15)19(13-20)16-8-4-2-3-5-9-16/h6-7,10-11,15-16,19H,2-5,8-9,12-14,20H2,1H3. The van der Waals surface area contributed by atoms with Gasteiger partial charge in [-0.1, -0.05) is 50.8 Å². The Hall–Kier alpha value is -1.02. The molecule has 1 aliphatic heterocycles. The maximum absolute atomic E-state index is 6.25. The van der Waals surface area contributed by atoms with Gasteiger partial charge in [0, 0.05) is 24.8 Å². The summed E-state index contributed by atoms with van der Waals surface area (Å²) in [6, 6.07) is 9.51. The first-order chi connectivity index (χ1) is 10.3. The van der Waals surface area contributed by atoms with Crippen LogP contribution < -0.4 is 10.6 Å². The van der Waals surface area contributed by atoms with Crippen LogP contribution in [0.15, 0.2) is 24.3 Å². The lowest BCUT2D eigenvalue weighted by Crippen LogP contribution is -2.49. The lowest BCUT2D eigenvalue weighted by molar-refractivity contribution is 0.341. The van der Waals surface area contributed by atoms with Gasteiger partial charge in [-0.2, -0.15) is 0 Å². The molecule has 116 valence electrons. The van der Waals surface area contributed by atoms with Crippen LogP contribution in [0.5, 0.6) is 0 Å². The number of hydrogen-bond donors (Lipinski definition) is 1. The lowest BCUT2D eigenvalue weighted by Gasteiger charge is -2.43. The Bertz CT molecular complexity index is 449. The summed E-state index contributed by atoms with van der Waals surface area (Å²) < 4.78 is 0. The Morgan fingerprint density at radius 1 is 1.14 bits per heavy atom. The van der Waals surface area contributed by atoms with Gasteiger partial charge >= 0.3 is 0 Å². The minimum atomic E-state index is 0.534. The van der Waals surface area contributed by atoms with Gasteiger partial charge in [0.05, 0.1) is 0 Å². The van der Waals surface area contributed by atoms with Gasteiger partial charge in [0.1, 0.15) is 0 Å². The first-order valence-corrected chi connectivity index (χ1v) is 8.84. The van der Waals surface area contributed by atoms with Crippen molar-refractivity contribution in [2.75, 3.05) is 18.0 Å². The van der Waals surface area contributed by atoms with Crippen LogP contribution in [0.3, 0.4) is 0 Å². The molecule has 2 unspecified atom stereocenters. The smallest absolute Gasteiger partial charge is 0.0440 e. The fourth-order valence-corrected chi connectivity index (χ4v) is 4.42. The normalized spacial score (nSPS) is 25.2. The molecular weight excluding hydrogens is 256 g/mol. The van der Waals surface area contributed by atoms with Crippen molar-refractivity contribution in [1.82, 2.24) is 0 Å². The maximum atomic E-state index is 6.25. The van der Waals surface area contributed by atoms with E-state index in [1.165, 1.54) is 62.7 Å². The summed E-state index contributed by atoms with van der Waals surface area (Å²) in [5, 5.41) is 0. The molecule has 1 heterocycles. The second-order valence-electron chi connectivity index (χ2n) is 7.15. The monoisotopic (exact) mass is 286 g/mol. The molecule has 1 aliphatic carbocycles. The molecule has 0 aromatic heterocycles. The SMILES string of the molecule is CC1Cc2ccccc2N(C(CN)C2CCCCCC2)C1. The topological polar surface area (TPSA) is 29.3 Å². The van der Waals surface area contributed by atoms with Gasteiger partial charge in [-0.15, -0.1) is 0 Å². The van der Waals surface area contributed by atoms with E-state index in [2.05, 4.69) is 36.1 Å². The fourth-order valence-electron chi connectivity index (χ4n) is 4.42. The summed E-state index contributed by atoms with van der Waals surface area (Å²) in [6.45, 7) is 4.35. The molecule has 0 saturated heterocycles. The molecule has 2 heteroatoms. The molecule has 1 fully saturated rings. The van der Waals surface area contributed by atoms with Gasteiger partial charge in [0.25, 0.3) is 0 Å². The summed E-state index contributed by atoms with van der Waals surface area (Å²) in [6.07, 6.45) is 9.58. The summed E-state index contributed by atoms with van der Waals surface area (Å²) in [5.41, 5.74) is 9.22. The third-order valence-corrected chi connectivity index (χ3v) is 5.46. The van der Waals surface area contributed by atoms with Gasteiger partial charge in [-0.25, -0.2) is 0 Å². The molecule has 0 spiro atoms. The predicted molar refractivity (Wildman–Crippen MR) is 90.7 cm³/mol. The summed E-state index contributed by atoms with van der Waals surface area (Å²) in [4.78, 5) is 2.65. The van der Waals surface area contributed by atoms with E-state index >= 15 is 0 Å². The Labute approximate surface area is 129 Å². The molecule has 0 bridgehead atoms. The van der Waals surface area contributed by atoms with Gasteiger partial charge in [0.15, 0.2) is 0 Å². The van der Waals surface area contributed by atoms with Crippen molar-refractivity contribution in [3.05, 3.63) is 29.8 Å². The van der Waals surface area contributed by atoms with Crippen LogP contribution in [-0.2, 0) is 6.42 Å². The van der Waals surface area contributed by atoms with Crippen LogP contribution in [0.1, 0.15) is 51.0 Å². The first kappa shape index (κ1) is 14.9. The van der Waals surface area contributed by atoms with Crippen LogP contribution in [0.2, 0.25) is 0 Å². The van der Waals surface area contributed by atoms with Crippen LogP contribution >= 0.6 is 0 Å². The Kier molecular flexibility index (Phi) is 4.84. The zero-order valence-electron chi connectivity index (χ0n) is 13.4. The van der Waals surface area contributed by atoms with Crippen molar-refractivity contribution < 1.29 is 0 Å². The van der Waals surface area contributed by atoms with E-state index in [0.29, 0.717) is 6.04 Å². The second kappa shape index (κ2) is 6.83. The summed E-state index contributed by atoms with van der Waals surface area (Å²) in [7, 11) is 0. The van der Waals surface area contributed by atoms with E-state index in [0.717, 1.165) is 18.4 Å². The highest BCUT2D eigenvalue weighted by atomic mass is 15.2. The molecule has 0 radical (unpaired) electrons. The number of nitrogens with zero attached hydrogens (tertiary/aromatic N) is 1. The Morgan fingerprint density at radius 3 is 2.57 bits per heavy atom. The third kappa shape index (κ3) is 3.26. The minimum Gasteiger partial charge on any atom is -0.366 e. The van der Waals surface area contributed by atoms with Crippen LogP contribution in [0, 0.1) is 11.8 Å². The Balaban J connectivity index is 1.86. The number of para-hydroxylation sites is 1. The van der Waals surface area contributed by atoms with Crippen molar-refractivity contribution >= 4 is 5.69 Å². The number of rotatable bonds is 3. The summed E-state index contributed by atoms with van der Waals surface area (Å²) >= 11 is 0. The molecule has 1 aromatic rings. The molecule has 0 amide bonds. The van der Waals surface area contributed by atoms with Crippen LogP contribution in [-0.4, -0.2) is 19.1 Å². The molecular formula is C19H30N2. The molecule has 2 nitrogen and oxygen atoms in total. The highest BCUT2D eigenvalue weighted by Crippen LogP contribution is 2.35. The van der Waals surface area contributed by atoms with E-state index < -0.39 is 0 Å². The van der Waals surface area contributed by atoms with Gasteiger partial charge in [-0.3, -0.25) is 0 Å². The highest BCUT2D eigenvalue weighted by Gasteiger charge is 2.31. The van der Waals surface area contributed by atoms with E-state index in [9.17, 15) is 0 Å². The molecule has 2 N–H and O–H groups in total. The maximum Gasteiger partial charge on any atom is 0.0440 e. The van der Waals surface area contributed by atoms with E-state index in [4.69, 9.17) is 5.73 Å². The molecule has 1 aromatic carbocycles. The molecule has 2 aliphatic rings. The van der Waals surface area contributed by atoms with E-state index in [1.807, 2.05) is 0 Å². The summed E-state index contributed by atoms with van der Waals surface area (Å²) in [5.74, 6) is 1.52. The van der Waals surface area contributed by atoms with E-state index in [1.54, 1.807) is 0 Å². The number of benzene rings is 1. The predicted octanol–water partition coefficient (Wildman–Crippen LogP) is 3.98. The van der Waals surface area contributed by atoms with Gasteiger partial charge in [0.2, 0.25) is 0 Å². The number of nitrogens with two attached hydrogens (primary N) is 1. The highest BCUT2D eigenvalue weighted by molar-refractivity contribution is 5.56. The molecule has 21 heavy (non-hydrogen) atoms. The average Bonchev–Trinajstić information content (AvgIpc) is 2.77. The minimum absolute atomic E-state index is 0.534. The molecule has 2 atom stereocenters. The first-order valence-electron chi connectivity index (χ1n) is 8.84. The van der Waals surface area contributed by atoms with Crippen molar-refractivity contribution in [2.45, 2.75) is 57.9 Å². The van der Waals surface area contributed by atoms with E-state index in [-0.39, 0.29) is 0 Å². The number of anilines is 1. The number of hydrogen-bond acceptors (Lipinski definition) is 2. The zero-order valence-corrected chi connectivity index (χ0v) is 13.4. The van der Waals surface area contributed by atoms with Gasteiger partial charge in [-0.05, 0) is 42.7 Å². The van der Waals surface area contributed by atoms with Gasteiger partial charge < -0.3 is 10.6 Å². The molecule has 1 saturated carbocycles. The Morgan fingerprint density at radius 2 is 1.86 bits per heavy atom. The third-order valence-electron chi connectivity index (χ3n) is 5.46. The second-order valence-corrected chi connectivity index (χ2v) is 7.15. The quantitative estimate of drug-likeness (QED) is 0.852. The zero-order chi connectivity index (χ0) is 14.7. The fraction of sp³-hybridized carbons (Fsp3) is 0.684. The van der Waals surface area contributed by atoms with Crippen LogP contribution in [0.4, 0.5) is 5.69 Å². The molecule has 3 rings (SSSR count). The van der Waals surface area contributed by atoms with Crippen molar-refractivity contribution in [1.29, 1.82) is 0 Å². The van der Waals surface area contributed by atoms with Crippen molar-refractivity contribution in [2.24, 2.45) is 17.6 Å². The van der Waals surface area contributed by atoms with Crippen molar-refractivity contribution in [3.63, 3.8) is 0 Å². The average molecular weight is 286 g/mol. The largest absolute Gasteiger partial charge is 0.366 e. The number of fused-ring (bicyclic) bond motifs is 1. The van der Waals surface area contributed by atoms with Crippen LogP contribution in [0.25, 0.3) is 0 Å².